The van der Waals surface area contributed by atoms with Gasteiger partial charge in [0, 0.05) is 16.1 Å². The summed E-state index contributed by atoms with van der Waals surface area (Å²) in [5, 5.41) is 4.87. The zero-order valence-corrected chi connectivity index (χ0v) is 12.8. The average Bonchev–Trinajstić information content (AvgIpc) is 2.92. The molecular weight excluding hydrogens is 296 g/mol. The molecular formula is C14H15ClN2O2S. The first-order valence-electron chi connectivity index (χ1n) is 6.19. The number of esters is 1. The molecule has 1 heterocycles. The van der Waals surface area contributed by atoms with E-state index in [1.54, 1.807) is 29.5 Å². The lowest BCUT2D eigenvalue weighted by atomic mass is 10.2. The maximum atomic E-state index is 11.7. The molecule has 6 heteroatoms. The molecule has 4 nitrogen and oxygen atoms in total. The largest absolute Gasteiger partial charge is 0.465 e. The number of halogens is 1. The van der Waals surface area contributed by atoms with E-state index in [0.29, 0.717) is 22.8 Å². The summed E-state index contributed by atoms with van der Waals surface area (Å²) >= 11 is 7.62. The van der Waals surface area contributed by atoms with Crippen molar-refractivity contribution in [3.05, 3.63) is 44.9 Å². The number of hydrogen-bond acceptors (Lipinski definition) is 5. The molecule has 1 N–H and O–H groups in total. The van der Waals surface area contributed by atoms with Crippen LogP contribution >= 0.6 is 22.9 Å². The highest BCUT2D eigenvalue weighted by Gasteiger charge is 2.12. The lowest BCUT2D eigenvalue weighted by Gasteiger charge is -2.10. The number of hydrogen-bond donors (Lipinski definition) is 1. The fourth-order valence-corrected chi connectivity index (χ4v) is 2.70. The first kappa shape index (κ1) is 14.8. The minimum atomic E-state index is -0.386. The zero-order chi connectivity index (χ0) is 14.5. The molecule has 0 amide bonds. The van der Waals surface area contributed by atoms with Gasteiger partial charge in [0.25, 0.3) is 0 Å². The van der Waals surface area contributed by atoms with Gasteiger partial charge < -0.3 is 10.1 Å². The summed E-state index contributed by atoms with van der Waals surface area (Å²) in [4.78, 5) is 17.1. The van der Waals surface area contributed by atoms with Crippen molar-refractivity contribution in [2.45, 2.75) is 19.9 Å². The molecule has 2 aromatic rings. The average molecular weight is 311 g/mol. The second kappa shape index (κ2) is 6.72. The second-order valence-corrected chi connectivity index (χ2v) is 5.75. The van der Waals surface area contributed by atoms with Crippen LogP contribution in [0.1, 0.15) is 27.2 Å². The van der Waals surface area contributed by atoms with Gasteiger partial charge in [0.05, 0.1) is 29.9 Å². The quantitative estimate of drug-likeness (QED) is 0.854. The van der Waals surface area contributed by atoms with Crippen molar-refractivity contribution >= 4 is 34.6 Å². The van der Waals surface area contributed by atoms with Crippen LogP contribution in [-0.4, -0.2) is 18.1 Å². The first-order valence-corrected chi connectivity index (χ1v) is 7.38. The molecule has 0 aliphatic carbocycles. The number of carbonyl (C=O) groups excluding carboxylic acids is 1. The Morgan fingerprint density at radius 3 is 2.95 bits per heavy atom. The highest BCUT2D eigenvalue weighted by Crippen LogP contribution is 2.23. The Bertz CT molecular complexity index is 613. The smallest absolute Gasteiger partial charge is 0.339 e. The molecule has 0 aliphatic rings. The van der Waals surface area contributed by atoms with Crippen LogP contribution in [0.4, 0.5) is 5.69 Å². The van der Waals surface area contributed by atoms with Gasteiger partial charge in [-0.05, 0) is 24.6 Å². The van der Waals surface area contributed by atoms with E-state index in [4.69, 9.17) is 16.3 Å². The Labute approximate surface area is 126 Å². The van der Waals surface area contributed by atoms with Crippen molar-refractivity contribution in [2.24, 2.45) is 0 Å². The van der Waals surface area contributed by atoms with Crippen LogP contribution in [0.2, 0.25) is 5.02 Å². The summed E-state index contributed by atoms with van der Waals surface area (Å²) in [7, 11) is 1.36. The lowest BCUT2D eigenvalue weighted by Crippen LogP contribution is -2.07. The second-order valence-electron chi connectivity index (χ2n) is 4.11. The Balaban J connectivity index is 2.15. The van der Waals surface area contributed by atoms with E-state index in [2.05, 4.69) is 17.2 Å². The van der Waals surface area contributed by atoms with Gasteiger partial charge in [0.1, 0.15) is 0 Å². The Kier molecular flexibility index (Phi) is 4.98. The minimum Gasteiger partial charge on any atom is -0.465 e. The summed E-state index contributed by atoms with van der Waals surface area (Å²) in [6, 6.07) is 5.04. The van der Waals surface area contributed by atoms with Crippen LogP contribution in [0.15, 0.2) is 24.4 Å². The van der Waals surface area contributed by atoms with Crippen molar-refractivity contribution in [2.75, 3.05) is 12.4 Å². The third-order valence-electron chi connectivity index (χ3n) is 2.74. The third kappa shape index (κ3) is 3.49. The maximum Gasteiger partial charge on any atom is 0.339 e. The Hall–Kier alpha value is -1.59. The zero-order valence-electron chi connectivity index (χ0n) is 11.3. The molecule has 1 aromatic carbocycles. The molecule has 1 aromatic heterocycles. The number of rotatable bonds is 5. The molecule has 20 heavy (non-hydrogen) atoms. The van der Waals surface area contributed by atoms with E-state index in [0.717, 1.165) is 16.3 Å². The number of thiazole rings is 1. The van der Waals surface area contributed by atoms with Gasteiger partial charge >= 0.3 is 5.97 Å². The monoisotopic (exact) mass is 310 g/mol. The molecule has 0 fully saturated rings. The van der Waals surface area contributed by atoms with Crippen molar-refractivity contribution in [3.63, 3.8) is 0 Å². The molecule has 0 saturated carbocycles. The molecule has 0 atom stereocenters. The van der Waals surface area contributed by atoms with E-state index in [1.165, 1.54) is 7.11 Å². The number of anilines is 1. The third-order valence-corrected chi connectivity index (χ3v) is 4.12. The molecule has 0 aliphatic heterocycles. The fourth-order valence-electron chi connectivity index (χ4n) is 1.73. The summed E-state index contributed by atoms with van der Waals surface area (Å²) in [5.74, 6) is -0.386. The highest BCUT2D eigenvalue weighted by molar-refractivity contribution is 7.11. The van der Waals surface area contributed by atoms with Crippen LogP contribution in [0.25, 0.3) is 0 Å². The fraction of sp³-hybridized carbons (Fsp3) is 0.286. The van der Waals surface area contributed by atoms with Crippen LogP contribution in [-0.2, 0) is 17.7 Å². The topological polar surface area (TPSA) is 51.2 Å². The molecule has 106 valence electrons. The number of ether oxygens (including phenoxy) is 1. The molecule has 0 saturated heterocycles. The number of aromatic nitrogens is 1. The Morgan fingerprint density at radius 2 is 2.30 bits per heavy atom. The van der Waals surface area contributed by atoms with Crippen LogP contribution in [0, 0.1) is 0 Å². The van der Waals surface area contributed by atoms with Gasteiger partial charge in [-0.2, -0.15) is 0 Å². The number of nitrogens with one attached hydrogen (secondary N) is 1. The number of carbonyl (C=O) groups is 1. The van der Waals surface area contributed by atoms with Crippen molar-refractivity contribution < 1.29 is 9.53 Å². The van der Waals surface area contributed by atoms with E-state index in [1.807, 2.05) is 6.20 Å². The molecule has 0 spiro atoms. The van der Waals surface area contributed by atoms with Gasteiger partial charge in [-0.15, -0.1) is 11.3 Å². The number of nitrogens with zero attached hydrogens (tertiary/aromatic N) is 1. The SMILES string of the molecule is CCc1ncc(CNc2cc(Cl)ccc2C(=O)OC)s1. The number of benzene rings is 1. The van der Waals surface area contributed by atoms with Crippen LogP contribution in [0.3, 0.4) is 0 Å². The minimum absolute atomic E-state index is 0.386. The summed E-state index contributed by atoms with van der Waals surface area (Å²) < 4.78 is 4.76. The predicted octanol–water partition coefficient (Wildman–Crippen LogP) is 3.76. The van der Waals surface area contributed by atoms with E-state index in [-0.39, 0.29) is 5.97 Å². The van der Waals surface area contributed by atoms with Crippen LogP contribution < -0.4 is 5.32 Å². The molecule has 0 unspecified atom stereocenters. The lowest BCUT2D eigenvalue weighted by molar-refractivity contribution is 0.0602. The summed E-state index contributed by atoms with van der Waals surface area (Å²) in [6.07, 6.45) is 2.77. The van der Waals surface area contributed by atoms with Crippen LogP contribution in [0.5, 0.6) is 0 Å². The van der Waals surface area contributed by atoms with Gasteiger partial charge in [0.2, 0.25) is 0 Å². The van der Waals surface area contributed by atoms with Crippen molar-refractivity contribution in [1.82, 2.24) is 4.98 Å². The summed E-state index contributed by atoms with van der Waals surface area (Å²) in [5.41, 5.74) is 1.13. The van der Waals surface area contributed by atoms with Gasteiger partial charge in [0.15, 0.2) is 0 Å². The molecule has 0 bridgehead atoms. The normalized spacial score (nSPS) is 10.3. The molecule has 0 radical (unpaired) electrons. The van der Waals surface area contributed by atoms with Gasteiger partial charge in [-0.1, -0.05) is 18.5 Å². The van der Waals surface area contributed by atoms with Crippen molar-refractivity contribution in [1.29, 1.82) is 0 Å². The van der Waals surface area contributed by atoms with E-state index in [9.17, 15) is 4.79 Å². The number of methoxy groups -OCH3 is 1. The van der Waals surface area contributed by atoms with E-state index >= 15 is 0 Å². The predicted molar refractivity (Wildman–Crippen MR) is 81.6 cm³/mol. The highest BCUT2D eigenvalue weighted by atomic mass is 35.5. The Morgan fingerprint density at radius 1 is 1.50 bits per heavy atom. The molecule has 2 rings (SSSR count). The summed E-state index contributed by atoms with van der Waals surface area (Å²) in [6.45, 7) is 2.67. The number of aryl methyl sites for hydroxylation is 1. The van der Waals surface area contributed by atoms with E-state index < -0.39 is 0 Å². The van der Waals surface area contributed by atoms with Crippen molar-refractivity contribution in [3.8, 4) is 0 Å². The first-order chi connectivity index (χ1) is 9.63. The maximum absolute atomic E-state index is 11.7. The standard InChI is InChI=1S/C14H15ClN2O2S/c1-3-13-17-8-10(20-13)7-16-12-6-9(15)4-5-11(12)14(18)19-2/h4-6,8,16H,3,7H2,1-2H3. The van der Waals surface area contributed by atoms with Gasteiger partial charge in [-0.3, -0.25) is 0 Å². The van der Waals surface area contributed by atoms with Gasteiger partial charge in [-0.25, -0.2) is 9.78 Å².